The summed E-state index contributed by atoms with van der Waals surface area (Å²) in [5, 5.41) is 6.98. The van der Waals surface area contributed by atoms with Gasteiger partial charge in [-0.2, -0.15) is 5.10 Å². The SMILES string of the molecule is CC(C)Cn1nccc1NC(=O)c1ccc(S(=O)(=O)N(C)C)cc1. The van der Waals surface area contributed by atoms with Crippen LogP contribution in [0.15, 0.2) is 41.4 Å². The number of nitrogens with one attached hydrogen (secondary N) is 1. The third kappa shape index (κ3) is 4.01. The standard InChI is InChI=1S/C16H22N4O3S/c1-12(2)11-20-15(9-10-17-20)18-16(21)13-5-7-14(8-6-13)24(22,23)19(3)4/h5-10,12H,11H2,1-4H3,(H,18,21). The predicted molar refractivity (Wildman–Crippen MR) is 92.3 cm³/mol. The van der Waals surface area contributed by atoms with Crippen molar-refractivity contribution in [3.63, 3.8) is 0 Å². The van der Waals surface area contributed by atoms with E-state index < -0.39 is 10.0 Å². The number of benzene rings is 1. The third-order valence-electron chi connectivity index (χ3n) is 3.39. The van der Waals surface area contributed by atoms with E-state index in [1.54, 1.807) is 16.9 Å². The van der Waals surface area contributed by atoms with Crippen molar-refractivity contribution in [1.29, 1.82) is 0 Å². The minimum absolute atomic E-state index is 0.147. The van der Waals surface area contributed by atoms with Gasteiger partial charge in [-0.15, -0.1) is 0 Å². The maximum atomic E-state index is 12.3. The van der Waals surface area contributed by atoms with Gasteiger partial charge in [0.2, 0.25) is 10.0 Å². The number of rotatable bonds is 6. The average Bonchev–Trinajstić information content (AvgIpc) is 2.93. The maximum absolute atomic E-state index is 12.3. The number of carbonyl (C=O) groups is 1. The number of hydrogen-bond acceptors (Lipinski definition) is 4. The van der Waals surface area contributed by atoms with E-state index in [4.69, 9.17) is 0 Å². The van der Waals surface area contributed by atoms with E-state index in [1.807, 2.05) is 0 Å². The molecule has 1 amide bonds. The fourth-order valence-corrected chi connectivity index (χ4v) is 3.01. The molecule has 0 aliphatic rings. The molecule has 0 spiro atoms. The third-order valence-corrected chi connectivity index (χ3v) is 5.22. The second-order valence-corrected chi connectivity index (χ2v) is 8.21. The Morgan fingerprint density at radius 3 is 2.38 bits per heavy atom. The lowest BCUT2D eigenvalue weighted by Gasteiger charge is -2.12. The molecule has 0 fully saturated rings. The second kappa shape index (κ2) is 7.14. The Morgan fingerprint density at radius 2 is 1.83 bits per heavy atom. The highest BCUT2D eigenvalue weighted by Gasteiger charge is 2.18. The van der Waals surface area contributed by atoms with Gasteiger partial charge in [0.05, 0.1) is 11.1 Å². The van der Waals surface area contributed by atoms with Crippen molar-refractivity contribution in [2.24, 2.45) is 5.92 Å². The van der Waals surface area contributed by atoms with Gasteiger partial charge in [0.25, 0.3) is 5.91 Å². The molecule has 0 aliphatic carbocycles. The fraction of sp³-hybridized carbons (Fsp3) is 0.375. The summed E-state index contributed by atoms with van der Waals surface area (Å²) in [6.45, 7) is 4.83. The van der Waals surface area contributed by atoms with Gasteiger partial charge in [-0.25, -0.2) is 17.4 Å². The highest BCUT2D eigenvalue weighted by molar-refractivity contribution is 7.89. The van der Waals surface area contributed by atoms with Crippen molar-refractivity contribution in [3.05, 3.63) is 42.1 Å². The zero-order chi connectivity index (χ0) is 17.9. The number of nitrogens with zero attached hydrogens (tertiary/aromatic N) is 3. The molecule has 1 N–H and O–H groups in total. The largest absolute Gasteiger partial charge is 0.307 e. The quantitative estimate of drug-likeness (QED) is 0.864. The highest BCUT2D eigenvalue weighted by atomic mass is 32.2. The van der Waals surface area contributed by atoms with Gasteiger partial charge in [-0.1, -0.05) is 13.8 Å². The summed E-state index contributed by atoms with van der Waals surface area (Å²) in [6, 6.07) is 7.57. The minimum Gasteiger partial charge on any atom is -0.307 e. The zero-order valence-electron chi connectivity index (χ0n) is 14.2. The molecule has 1 heterocycles. The number of amides is 1. The van der Waals surface area contributed by atoms with E-state index in [0.29, 0.717) is 23.8 Å². The summed E-state index contributed by atoms with van der Waals surface area (Å²) in [5.74, 6) is 0.698. The van der Waals surface area contributed by atoms with Gasteiger partial charge >= 0.3 is 0 Å². The maximum Gasteiger partial charge on any atom is 0.256 e. The number of sulfonamides is 1. The van der Waals surface area contributed by atoms with Crippen molar-refractivity contribution in [3.8, 4) is 0 Å². The Hall–Kier alpha value is -2.19. The number of hydrogen-bond donors (Lipinski definition) is 1. The molecule has 0 unspecified atom stereocenters. The van der Waals surface area contributed by atoms with Gasteiger partial charge in [-0.3, -0.25) is 4.79 Å². The van der Waals surface area contributed by atoms with Crippen LogP contribution in [0.25, 0.3) is 0 Å². The molecule has 0 aliphatic heterocycles. The van der Waals surface area contributed by atoms with Crippen LogP contribution in [-0.4, -0.2) is 42.5 Å². The van der Waals surface area contributed by atoms with E-state index in [2.05, 4.69) is 24.3 Å². The van der Waals surface area contributed by atoms with Crippen molar-refractivity contribution in [1.82, 2.24) is 14.1 Å². The molecule has 24 heavy (non-hydrogen) atoms. The van der Waals surface area contributed by atoms with Gasteiger partial charge in [-0.05, 0) is 30.2 Å². The normalized spacial score (nSPS) is 11.9. The topological polar surface area (TPSA) is 84.3 Å². The highest BCUT2D eigenvalue weighted by Crippen LogP contribution is 2.16. The molecule has 0 radical (unpaired) electrons. The smallest absolute Gasteiger partial charge is 0.256 e. The van der Waals surface area contributed by atoms with Crippen LogP contribution in [0.3, 0.4) is 0 Å². The van der Waals surface area contributed by atoms with Crippen molar-refractivity contribution in [2.75, 3.05) is 19.4 Å². The van der Waals surface area contributed by atoms with Crippen LogP contribution in [0.1, 0.15) is 24.2 Å². The number of carbonyl (C=O) groups excluding carboxylic acids is 1. The van der Waals surface area contributed by atoms with Crippen molar-refractivity contribution >= 4 is 21.7 Å². The van der Waals surface area contributed by atoms with Crippen molar-refractivity contribution in [2.45, 2.75) is 25.3 Å². The second-order valence-electron chi connectivity index (χ2n) is 6.06. The molecule has 1 aromatic carbocycles. The van der Waals surface area contributed by atoms with Crippen LogP contribution in [-0.2, 0) is 16.6 Å². The van der Waals surface area contributed by atoms with E-state index in [9.17, 15) is 13.2 Å². The Balaban J connectivity index is 2.16. The molecule has 2 rings (SSSR count). The molecule has 8 heteroatoms. The van der Waals surface area contributed by atoms with Crippen LogP contribution in [0.2, 0.25) is 0 Å². The molecule has 0 saturated carbocycles. The number of aromatic nitrogens is 2. The Labute approximate surface area is 142 Å². The first-order valence-electron chi connectivity index (χ1n) is 7.57. The van der Waals surface area contributed by atoms with E-state index in [1.165, 1.54) is 38.4 Å². The van der Waals surface area contributed by atoms with Crippen LogP contribution in [0.5, 0.6) is 0 Å². The van der Waals surface area contributed by atoms with E-state index >= 15 is 0 Å². The monoisotopic (exact) mass is 350 g/mol. The molecular formula is C16H22N4O3S. The summed E-state index contributed by atoms with van der Waals surface area (Å²) in [7, 11) is -0.574. The average molecular weight is 350 g/mol. The Kier molecular flexibility index (Phi) is 5.40. The van der Waals surface area contributed by atoms with Crippen LogP contribution in [0.4, 0.5) is 5.82 Å². The summed E-state index contributed by atoms with van der Waals surface area (Å²) >= 11 is 0. The summed E-state index contributed by atoms with van der Waals surface area (Å²) in [4.78, 5) is 12.5. The van der Waals surface area contributed by atoms with Gasteiger partial charge < -0.3 is 5.32 Å². The minimum atomic E-state index is -3.50. The molecule has 130 valence electrons. The van der Waals surface area contributed by atoms with Crippen LogP contribution < -0.4 is 5.32 Å². The molecule has 0 atom stereocenters. The first-order chi connectivity index (χ1) is 11.2. The summed E-state index contributed by atoms with van der Waals surface area (Å²) < 4.78 is 26.9. The van der Waals surface area contributed by atoms with Gasteiger partial charge in [0, 0.05) is 32.3 Å². The Bertz CT molecular complexity index is 808. The van der Waals surface area contributed by atoms with Crippen molar-refractivity contribution < 1.29 is 13.2 Å². The molecule has 0 saturated heterocycles. The van der Waals surface area contributed by atoms with Crippen LogP contribution >= 0.6 is 0 Å². The predicted octanol–water partition coefficient (Wildman–Crippen LogP) is 2.04. The molecule has 0 bridgehead atoms. The molecular weight excluding hydrogens is 328 g/mol. The van der Waals surface area contributed by atoms with Crippen LogP contribution in [0, 0.1) is 5.92 Å². The Morgan fingerprint density at radius 1 is 1.21 bits per heavy atom. The lowest BCUT2D eigenvalue weighted by atomic mass is 10.2. The number of anilines is 1. The first kappa shape index (κ1) is 18.2. The van der Waals surface area contributed by atoms with Gasteiger partial charge in [0.1, 0.15) is 5.82 Å². The lowest BCUT2D eigenvalue weighted by Crippen LogP contribution is -2.22. The first-order valence-corrected chi connectivity index (χ1v) is 9.01. The zero-order valence-corrected chi connectivity index (χ0v) is 15.0. The lowest BCUT2D eigenvalue weighted by molar-refractivity contribution is 0.102. The fourth-order valence-electron chi connectivity index (χ4n) is 2.11. The van der Waals surface area contributed by atoms with Gasteiger partial charge in [0.15, 0.2) is 0 Å². The van der Waals surface area contributed by atoms with E-state index in [-0.39, 0.29) is 10.8 Å². The molecule has 7 nitrogen and oxygen atoms in total. The molecule has 2 aromatic rings. The molecule has 1 aromatic heterocycles. The summed E-state index contributed by atoms with van der Waals surface area (Å²) in [5.41, 5.74) is 0.380. The van der Waals surface area contributed by atoms with E-state index in [0.717, 1.165) is 4.31 Å². The summed E-state index contributed by atoms with van der Waals surface area (Å²) in [6.07, 6.45) is 1.63.